The molecule has 0 saturated heterocycles. The number of carbonyl (C=O) groups is 1. The molecular formula is C17H18N2O5. The van der Waals surface area contributed by atoms with Crippen molar-refractivity contribution in [3.63, 3.8) is 0 Å². The molecular weight excluding hydrogens is 312 g/mol. The molecule has 0 heterocycles. The fourth-order valence-electron chi connectivity index (χ4n) is 2.03. The van der Waals surface area contributed by atoms with E-state index in [0.29, 0.717) is 28.4 Å². The topological polar surface area (TPSA) is 89.4 Å². The summed E-state index contributed by atoms with van der Waals surface area (Å²) >= 11 is 0. The number of amides is 1. The molecule has 2 aromatic carbocycles. The molecule has 2 rings (SSSR count). The second-order valence-electron chi connectivity index (χ2n) is 4.70. The number of nitrogens with one attached hydrogen (secondary N) is 1. The number of phenolic OH excluding ortho intramolecular Hbond substituents is 1. The number of hydrazone groups is 1. The van der Waals surface area contributed by atoms with Crippen LogP contribution < -0.4 is 19.6 Å². The lowest BCUT2D eigenvalue weighted by atomic mass is 10.2. The first kappa shape index (κ1) is 17.1. The lowest BCUT2D eigenvalue weighted by Gasteiger charge is -2.12. The summed E-state index contributed by atoms with van der Waals surface area (Å²) in [6.45, 7) is 0. The second-order valence-corrected chi connectivity index (χ2v) is 4.70. The van der Waals surface area contributed by atoms with Crippen LogP contribution in [-0.2, 0) is 0 Å². The van der Waals surface area contributed by atoms with Gasteiger partial charge in [0.25, 0.3) is 5.91 Å². The Kier molecular flexibility index (Phi) is 5.62. The summed E-state index contributed by atoms with van der Waals surface area (Å²) in [6, 6.07) is 9.33. The highest BCUT2D eigenvalue weighted by atomic mass is 16.5. The average Bonchev–Trinajstić information content (AvgIpc) is 2.61. The van der Waals surface area contributed by atoms with Crippen LogP contribution in [0.2, 0.25) is 0 Å². The van der Waals surface area contributed by atoms with Crippen LogP contribution in [-0.4, -0.2) is 38.6 Å². The molecule has 0 aliphatic heterocycles. The third-order valence-corrected chi connectivity index (χ3v) is 3.22. The number of ether oxygens (including phenoxy) is 3. The first-order chi connectivity index (χ1) is 11.6. The van der Waals surface area contributed by atoms with Crippen LogP contribution in [0.15, 0.2) is 41.5 Å². The number of benzene rings is 2. The normalized spacial score (nSPS) is 10.5. The zero-order chi connectivity index (χ0) is 17.5. The van der Waals surface area contributed by atoms with E-state index >= 15 is 0 Å². The standard InChI is InChI=1S/C17H18N2O5/c1-22-13-8-15(23-2)14(16(9-13)24-3)10-18-19-17(21)11-5-4-6-12(20)7-11/h4-10,20H,1-3H3,(H,19,21)/b18-10-. The highest BCUT2D eigenvalue weighted by Crippen LogP contribution is 2.32. The van der Waals surface area contributed by atoms with Crippen molar-refractivity contribution < 1.29 is 24.1 Å². The number of aromatic hydroxyl groups is 1. The molecule has 0 radical (unpaired) electrons. The van der Waals surface area contributed by atoms with Gasteiger partial charge in [0.15, 0.2) is 0 Å². The molecule has 7 heteroatoms. The van der Waals surface area contributed by atoms with Gasteiger partial charge >= 0.3 is 0 Å². The van der Waals surface area contributed by atoms with Gasteiger partial charge in [-0.1, -0.05) is 6.07 Å². The number of hydrogen-bond donors (Lipinski definition) is 2. The monoisotopic (exact) mass is 330 g/mol. The Labute approximate surface area is 139 Å². The number of phenols is 1. The van der Waals surface area contributed by atoms with Crippen LogP contribution in [0.25, 0.3) is 0 Å². The first-order valence-electron chi connectivity index (χ1n) is 7.01. The third kappa shape index (κ3) is 3.95. The van der Waals surface area contributed by atoms with Gasteiger partial charge in [-0.15, -0.1) is 0 Å². The molecule has 7 nitrogen and oxygen atoms in total. The first-order valence-corrected chi connectivity index (χ1v) is 7.01. The third-order valence-electron chi connectivity index (χ3n) is 3.22. The Hall–Kier alpha value is -3.22. The second kappa shape index (κ2) is 7.87. The number of carbonyl (C=O) groups excluding carboxylic acids is 1. The van der Waals surface area contributed by atoms with Gasteiger partial charge in [-0.3, -0.25) is 4.79 Å². The van der Waals surface area contributed by atoms with E-state index in [4.69, 9.17) is 14.2 Å². The summed E-state index contributed by atoms with van der Waals surface area (Å²) in [5.41, 5.74) is 3.23. The van der Waals surface area contributed by atoms with Crippen molar-refractivity contribution in [3.05, 3.63) is 47.5 Å². The molecule has 0 spiro atoms. The largest absolute Gasteiger partial charge is 0.508 e. The van der Waals surface area contributed by atoms with Gasteiger partial charge in [-0.2, -0.15) is 5.10 Å². The van der Waals surface area contributed by atoms with E-state index in [0.717, 1.165) is 0 Å². The van der Waals surface area contributed by atoms with Crippen LogP contribution in [0.1, 0.15) is 15.9 Å². The fraction of sp³-hybridized carbons (Fsp3) is 0.176. The van der Waals surface area contributed by atoms with Gasteiger partial charge in [-0.05, 0) is 18.2 Å². The molecule has 24 heavy (non-hydrogen) atoms. The average molecular weight is 330 g/mol. The molecule has 0 aliphatic rings. The molecule has 0 bridgehead atoms. The zero-order valence-electron chi connectivity index (χ0n) is 13.6. The molecule has 0 aliphatic carbocycles. The molecule has 2 aromatic rings. The Balaban J connectivity index is 2.21. The molecule has 0 saturated carbocycles. The van der Waals surface area contributed by atoms with Gasteiger partial charge in [0, 0.05) is 17.7 Å². The van der Waals surface area contributed by atoms with Crippen molar-refractivity contribution in [2.24, 2.45) is 5.10 Å². The predicted octanol–water partition coefficient (Wildman–Crippen LogP) is 2.18. The Morgan fingerprint density at radius 3 is 2.29 bits per heavy atom. The molecule has 1 amide bonds. The molecule has 126 valence electrons. The summed E-state index contributed by atoms with van der Waals surface area (Å²) in [6.07, 6.45) is 1.41. The van der Waals surface area contributed by atoms with Crippen molar-refractivity contribution in [3.8, 4) is 23.0 Å². The Morgan fingerprint density at radius 1 is 1.08 bits per heavy atom. The van der Waals surface area contributed by atoms with Crippen LogP contribution in [0.3, 0.4) is 0 Å². The van der Waals surface area contributed by atoms with Gasteiger partial charge in [0.05, 0.1) is 33.1 Å². The predicted molar refractivity (Wildman–Crippen MR) is 89.3 cm³/mol. The van der Waals surface area contributed by atoms with E-state index in [1.165, 1.54) is 39.7 Å². The van der Waals surface area contributed by atoms with Crippen molar-refractivity contribution >= 4 is 12.1 Å². The summed E-state index contributed by atoms with van der Waals surface area (Å²) in [5, 5.41) is 13.3. The van der Waals surface area contributed by atoms with Crippen LogP contribution in [0.5, 0.6) is 23.0 Å². The maximum atomic E-state index is 12.0. The number of nitrogens with zero attached hydrogens (tertiary/aromatic N) is 1. The van der Waals surface area contributed by atoms with E-state index in [-0.39, 0.29) is 5.75 Å². The smallest absolute Gasteiger partial charge is 0.271 e. The summed E-state index contributed by atoms with van der Waals surface area (Å²) in [5.74, 6) is 1.10. The van der Waals surface area contributed by atoms with Crippen molar-refractivity contribution in [2.45, 2.75) is 0 Å². The van der Waals surface area contributed by atoms with Gasteiger partial charge < -0.3 is 19.3 Å². The van der Waals surface area contributed by atoms with E-state index in [9.17, 15) is 9.90 Å². The maximum Gasteiger partial charge on any atom is 0.271 e. The molecule has 2 N–H and O–H groups in total. The lowest BCUT2D eigenvalue weighted by molar-refractivity contribution is 0.0954. The zero-order valence-corrected chi connectivity index (χ0v) is 13.6. The van der Waals surface area contributed by atoms with Crippen LogP contribution in [0, 0.1) is 0 Å². The van der Waals surface area contributed by atoms with E-state index in [2.05, 4.69) is 10.5 Å². The molecule has 0 atom stereocenters. The number of rotatable bonds is 6. The van der Waals surface area contributed by atoms with Crippen molar-refractivity contribution in [2.75, 3.05) is 21.3 Å². The highest BCUT2D eigenvalue weighted by molar-refractivity contribution is 5.95. The van der Waals surface area contributed by atoms with E-state index in [1.54, 1.807) is 24.3 Å². The summed E-state index contributed by atoms with van der Waals surface area (Å²) < 4.78 is 15.8. The molecule has 0 unspecified atom stereocenters. The van der Waals surface area contributed by atoms with Gasteiger partial charge in [0.2, 0.25) is 0 Å². The molecule has 0 aromatic heterocycles. The minimum absolute atomic E-state index is 0.00474. The fourth-order valence-corrected chi connectivity index (χ4v) is 2.03. The van der Waals surface area contributed by atoms with Crippen LogP contribution >= 0.6 is 0 Å². The SMILES string of the molecule is COc1cc(OC)c(/C=N\NC(=O)c2cccc(O)c2)c(OC)c1. The Bertz CT molecular complexity index is 733. The van der Waals surface area contributed by atoms with Gasteiger partial charge in [-0.25, -0.2) is 5.43 Å². The van der Waals surface area contributed by atoms with Gasteiger partial charge in [0.1, 0.15) is 23.0 Å². The van der Waals surface area contributed by atoms with Crippen molar-refractivity contribution in [1.82, 2.24) is 5.43 Å². The van der Waals surface area contributed by atoms with E-state index < -0.39 is 5.91 Å². The van der Waals surface area contributed by atoms with E-state index in [1.807, 2.05) is 0 Å². The maximum absolute atomic E-state index is 12.0. The minimum Gasteiger partial charge on any atom is -0.508 e. The quantitative estimate of drug-likeness (QED) is 0.626. The van der Waals surface area contributed by atoms with Crippen LogP contribution in [0.4, 0.5) is 0 Å². The lowest BCUT2D eigenvalue weighted by Crippen LogP contribution is -2.17. The highest BCUT2D eigenvalue weighted by Gasteiger charge is 2.12. The molecule has 0 fully saturated rings. The number of hydrogen-bond acceptors (Lipinski definition) is 6. The summed E-state index contributed by atoms with van der Waals surface area (Å²) in [4.78, 5) is 12.0. The summed E-state index contributed by atoms with van der Waals surface area (Å²) in [7, 11) is 4.56. The minimum atomic E-state index is -0.450. The number of methoxy groups -OCH3 is 3. The van der Waals surface area contributed by atoms with Crippen molar-refractivity contribution in [1.29, 1.82) is 0 Å². The Morgan fingerprint density at radius 2 is 1.75 bits per heavy atom.